The maximum absolute atomic E-state index is 4.78. The van der Waals surface area contributed by atoms with Gasteiger partial charge in [-0.2, -0.15) is 0 Å². The molecular weight excluding hydrogens is 147 g/mol. The Bertz CT molecular complexity index is 146. The molecule has 0 radical (unpaired) electrons. The van der Waals surface area contributed by atoms with Gasteiger partial charge in [0, 0.05) is 12.7 Å². The monoisotopic (exact) mass is 156 g/mol. The maximum atomic E-state index is 4.78. The average Bonchev–Trinajstić information content (AvgIpc) is 1.91. The third-order valence-corrected chi connectivity index (χ3v) is 1.95. The lowest BCUT2D eigenvalue weighted by Crippen LogP contribution is -1.56. The SMILES string of the molecule is C=C/C(=C\C=C/C)P=S. The highest BCUT2D eigenvalue weighted by Crippen LogP contribution is 2.11. The Labute approximate surface area is 62.8 Å². The van der Waals surface area contributed by atoms with Crippen LogP contribution in [0.4, 0.5) is 0 Å². The molecule has 0 aliphatic heterocycles. The number of hydrogen-bond donors (Lipinski definition) is 0. The highest BCUT2D eigenvalue weighted by Gasteiger charge is 1.77. The zero-order chi connectivity index (χ0) is 7.11. The molecule has 0 fully saturated rings. The number of rotatable bonds is 3. The number of hydrogen-bond acceptors (Lipinski definition) is 1. The first-order valence-corrected chi connectivity index (χ1v) is 4.54. The van der Waals surface area contributed by atoms with E-state index in [2.05, 4.69) is 6.58 Å². The summed E-state index contributed by atoms with van der Waals surface area (Å²) in [7, 11) is 0.859. The third-order valence-electron chi connectivity index (χ3n) is 0.774. The van der Waals surface area contributed by atoms with Crippen molar-refractivity contribution in [3.8, 4) is 0 Å². The summed E-state index contributed by atoms with van der Waals surface area (Å²) in [6.45, 7) is 5.58. The van der Waals surface area contributed by atoms with Crippen molar-refractivity contribution in [3.05, 3.63) is 36.2 Å². The molecule has 0 heterocycles. The summed E-state index contributed by atoms with van der Waals surface area (Å²) in [5, 5.41) is 1.07. The molecule has 0 spiro atoms. The predicted molar refractivity (Wildman–Crippen MR) is 47.4 cm³/mol. The van der Waals surface area contributed by atoms with Gasteiger partial charge in [0.25, 0.3) is 0 Å². The molecule has 0 aromatic heterocycles. The lowest BCUT2D eigenvalue weighted by atomic mass is 10.4. The molecule has 0 saturated carbocycles. The molecular formula is C7H9PS. The van der Waals surface area contributed by atoms with E-state index in [1.807, 2.05) is 25.2 Å². The Morgan fingerprint density at radius 1 is 1.67 bits per heavy atom. The molecule has 0 unspecified atom stereocenters. The van der Waals surface area contributed by atoms with E-state index in [4.69, 9.17) is 11.8 Å². The average molecular weight is 156 g/mol. The second kappa shape index (κ2) is 5.87. The standard InChI is InChI=1S/C7H9PS/c1-3-5-6-7(4-2)8-9/h3-6H,2H2,1H3/b5-3-,7-6+. The molecule has 9 heavy (non-hydrogen) atoms. The van der Waals surface area contributed by atoms with Crippen LogP contribution in [0.5, 0.6) is 0 Å². The normalized spacial score (nSPS) is 12.8. The smallest absolute Gasteiger partial charge is 0.0121 e. The molecule has 0 N–H and O–H groups in total. The molecule has 48 valence electrons. The van der Waals surface area contributed by atoms with Gasteiger partial charge in [0.1, 0.15) is 0 Å². The summed E-state index contributed by atoms with van der Waals surface area (Å²) in [5.41, 5.74) is 0. The molecule has 0 aromatic rings. The Hall–Kier alpha value is -0.260. The van der Waals surface area contributed by atoms with Crippen LogP contribution in [0.1, 0.15) is 6.92 Å². The summed E-state index contributed by atoms with van der Waals surface area (Å²) < 4.78 is 0. The van der Waals surface area contributed by atoms with Gasteiger partial charge in [0.15, 0.2) is 0 Å². The minimum atomic E-state index is 0.859. The Morgan fingerprint density at radius 3 is 2.67 bits per heavy atom. The van der Waals surface area contributed by atoms with Gasteiger partial charge >= 0.3 is 0 Å². The summed E-state index contributed by atoms with van der Waals surface area (Å²) in [4.78, 5) is 0. The quantitative estimate of drug-likeness (QED) is 0.447. The molecule has 0 aromatic carbocycles. The van der Waals surface area contributed by atoms with Crippen molar-refractivity contribution in [1.82, 2.24) is 0 Å². The minimum Gasteiger partial charge on any atom is -0.0981 e. The minimum absolute atomic E-state index is 0.859. The van der Waals surface area contributed by atoms with E-state index in [0.29, 0.717) is 0 Å². The first-order valence-electron chi connectivity index (χ1n) is 2.64. The van der Waals surface area contributed by atoms with Gasteiger partial charge in [-0.05, 0) is 13.0 Å². The van der Waals surface area contributed by atoms with Crippen molar-refractivity contribution < 1.29 is 0 Å². The van der Waals surface area contributed by atoms with Gasteiger partial charge in [0.2, 0.25) is 0 Å². The lowest BCUT2D eigenvalue weighted by Gasteiger charge is -1.81. The fraction of sp³-hybridized carbons (Fsp3) is 0.143. The molecule has 0 saturated heterocycles. The third kappa shape index (κ3) is 4.26. The Kier molecular flexibility index (Phi) is 5.70. The molecule has 2 heteroatoms. The van der Waals surface area contributed by atoms with Crippen molar-refractivity contribution in [3.63, 3.8) is 0 Å². The summed E-state index contributed by atoms with van der Waals surface area (Å²) >= 11 is 4.78. The topological polar surface area (TPSA) is 0 Å². The van der Waals surface area contributed by atoms with Crippen molar-refractivity contribution in [1.29, 1.82) is 0 Å². The fourth-order valence-electron chi connectivity index (χ4n) is 0.331. The van der Waals surface area contributed by atoms with Crippen molar-refractivity contribution in [2.45, 2.75) is 6.92 Å². The second-order valence-corrected chi connectivity index (χ2v) is 2.66. The summed E-state index contributed by atoms with van der Waals surface area (Å²) in [5.74, 6) is 0. The van der Waals surface area contributed by atoms with Crippen LogP contribution in [0.25, 0.3) is 0 Å². The van der Waals surface area contributed by atoms with Crippen LogP contribution in [-0.2, 0) is 11.8 Å². The van der Waals surface area contributed by atoms with Gasteiger partial charge in [-0.15, -0.1) is 0 Å². The highest BCUT2D eigenvalue weighted by molar-refractivity contribution is 7.98. The summed E-state index contributed by atoms with van der Waals surface area (Å²) in [6, 6.07) is 0. The fourth-order valence-corrected chi connectivity index (χ4v) is 0.958. The van der Waals surface area contributed by atoms with Crippen LogP contribution >= 0.6 is 7.36 Å². The summed E-state index contributed by atoms with van der Waals surface area (Å²) in [6.07, 6.45) is 7.65. The van der Waals surface area contributed by atoms with Gasteiger partial charge in [0.05, 0.1) is 0 Å². The zero-order valence-corrected chi connectivity index (χ0v) is 7.08. The molecule has 0 rings (SSSR count). The molecule has 0 nitrogen and oxygen atoms in total. The van der Waals surface area contributed by atoms with E-state index < -0.39 is 0 Å². The molecule has 0 bridgehead atoms. The van der Waals surface area contributed by atoms with E-state index in [1.54, 1.807) is 6.08 Å². The van der Waals surface area contributed by atoms with E-state index in [1.165, 1.54) is 0 Å². The zero-order valence-electron chi connectivity index (χ0n) is 5.37. The largest absolute Gasteiger partial charge is 0.0981 e. The van der Waals surface area contributed by atoms with E-state index in [-0.39, 0.29) is 0 Å². The van der Waals surface area contributed by atoms with Gasteiger partial charge in [-0.1, -0.05) is 36.6 Å². The molecule has 0 aliphatic rings. The van der Waals surface area contributed by atoms with Crippen LogP contribution in [-0.4, -0.2) is 0 Å². The highest BCUT2D eigenvalue weighted by atomic mass is 32.4. The number of allylic oxidation sites excluding steroid dienone is 5. The second-order valence-electron chi connectivity index (χ2n) is 1.41. The van der Waals surface area contributed by atoms with Gasteiger partial charge in [-0.3, -0.25) is 0 Å². The van der Waals surface area contributed by atoms with Crippen LogP contribution < -0.4 is 0 Å². The van der Waals surface area contributed by atoms with Gasteiger partial charge < -0.3 is 0 Å². The molecule has 0 aliphatic carbocycles. The molecule has 0 atom stereocenters. The van der Waals surface area contributed by atoms with E-state index >= 15 is 0 Å². The van der Waals surface area contributed by atoms with Crippen molar-refractivity contribution in [2.24, 2.45) is 0 Å². The van der Waals surface area contributed by atoms with Gasteiger partial charge in [-0.25, -0.2) is 0 Å². The first-order chi connectivity index (χ1) is 4.35. The molecule has 0 amide bonds. The van der Waals surface area contributed by atoms with Crippen molar-refractivity contribution >= 4 is 19.2 Å². The lowest BCUT2D eigenvalue weighted by molar-refractivity contribution is 1.72. The van der Waals surface area contributed by atoms with Crippen LogP contribution in [0.2, 0.25) is 0 Å². The first kappa shape index (κ1) is 8.74. The van der Waals surface area contributed by atoms with Crippen LogP contribution in [0.3, 0.4) is 0 Å². The Balaban J connectivity index is 4.06. The maximum Gasteiger partial charge on any atom is 0.0121 e. The Morgan fingerprint density at radius 2 is 2.33 bits per heavy atom. The predicted octanol–water partition coefficient (Wildman–Crippen LogP) is 3.04. The van der Waals surface area contributed by atoms with Crippen molar-refractivity contribution in [2.75, 3.05) is 0 Å². The van der Waals surface area contributed by atoms with E-state index in [9.17, 15) is 0 Å². The van der Waals surface area contributed by atoms with E-state index in [0.717, 1.165) is 12.7 Å². The van der Waals surface area contributed by atoms with Crippen LogP contribution in [0, 0.1) is 0 Å². The van der Waals surface area contributed by atoms with Crippen LogP contribution in [0.15, 0.2) is 36.2 Å².